The molecule has 100 valence electrons. The number of aryl methyl sites for hydroxylation is 1. The van der Waals surface area contributed by atoms with Crippen LogP contribution in [0.15, 0.2) is 29.3 Å². The number of aliphatic hydroxyl groups excluding tert-OH is 1. The van der Waals surface area contributed by atoms with Crippen LogP contribution in [0.1, 0.15) is 5.56 Å². The highest BCUT2D eigenvalue weighted by atomic mass is 79.9. The monoisotopic (exact) mass is 333 g/mol. The lowest BCUT2D eigenvalue weighted by Gasteiger charge is -2.13. The van der Waals surface area contributed by atoms with E-state index >= 15 is 0 Å². The van der Waals surface area contributed by atoms with Gasteiger partial charge in [-0.3, -0.25) is 0 Å². The van der Waals surface area contributed by atoms with Crippen LogP contribution in [0.2, 0.25) is 5.02 Å². The maximum atomic E-state index is 9.69. The second kappa shape index (κ2) is 7.79. The number of rotatable bonds is 7. The Hall–Kier alpha value is -0.550. The second-order valence-electron chi connectivity index (χ2n) is 4.02. The van der Waals surface area contributed by atoms with Gasteiger partial charge in [-0.1, -0.05) is 34.1 Å². The van der Waals surface area contributed by atoms with E-state index in [1.54, 1.807) is 12.1 Å². The van der Waals surface area contributed by atoms with E-state index in [0.29, 0.717) is 23.9 Å². The third-order valence-corrected chi connectivity index (χ3v) is 2.97. The normalized spacial score (nSPS) is 12.2. The Morgan fingerprint density at radius 3 is 2.94 bits per heavy atom. The fourth-order valence-corrected chi connectivity index (χ4v) is 1.65. The van der Waals surface area contributed by atoms with Crippen molar-refractivity contribution in [2.24, 2.45) is 0 Å². The molecule has 0 aliphatic rings. The molecular formula is C13H17BrClNO2. The van der Waals surface area contributed by atoms with E-state index in [2.05, 4.69) is 27.8 Å². The van der Waals surface area contributed by atoms with Crippen LogP contribution < -0.4 is 10.1 Å². The van der Waals surface area contributed by atoms with Crippen molar-refractivity contribution in [1.29, 1.82) is 0 Å². The molecule has 1 atom stereocenters. The Labute approximate surface area is 121 Å². The first-order chi connectivity index (χ1) is 8.49. The topological polar surface area (TPSA) is 41.5 Å². The first kappa shape index (κ1) is 15.5. The molecule has 0 amide bonds. The lowest BCUT2D eigenvalue weighted by atomic mass is 10.2. The quantitative estimate of drug-likeness (QED) is 0.805. The average Bonchev–Trinajstić information content (AvgIpc) is 2.30. The van der Waals surface area contributed by atoms with Gasteiger partial charge in [0.25, 0.3) is 0 Å². The van der Waals surface area contributed by atoms with Crippen LogP contribution in [0.4, 0.5) is 0 Å². The summed E-state index contributed by atoms with van der Waals surface area (Å²) < 4.78 is 6.33. The van der Waals surface area contributed by atoms with Crippen molar-refractivity contribution in [3.05, 3.63) is 39.8 Å². The maximum Gasteiger partial charge on any atom is 0.119 e. The highest BCUT2D eigenvalue weighted by molar-refractivity contribution is 9.11. The molecule has 3 nitrogen and oxygen atoms in total. The molecule has 2 N–H and O–H groups in total. The Morgan fingerprint density at radius 1 is 1.61 bits per heavy atom. The van der Waals surface area contributed by atoms with E-state index in [-0.39, 0.29) is 6.61 Å². The molecule has 0 spiro atoms. The number of ether oxygens (including phenoxy) is 1. The molecular weight excluding hydrogens is 318 g/mol. The molecule has 5 heteroatoms. The van der Waals surface area contributed by atoms with Crippen LogP contribution in [0.5, 0.6) is 5.75 Å². The van der Waals surface area contributed by atoms with Crippen LogP contribution in [0.3, 0.4) is 0 Å². The van der Waals surface area contributed by atoms with Crippen LogP contribution in [-0.4, -0.2) is 30.9 Å². The van der Waals surface area contributed by atoms with Crippen LogP contribution in [-0.2, 0) is 0 Å². The number of nitrogens with one attached hydrogen (secondary N) is 1. The molecule has 0 heterocycles. The highest BCUT2D eigenvalue weighted by Gasteiger charge is 2.05. The van der Waals surface area contributed by atoms with Gasteiger partial charge in [0.15, 0.2) is 0 Å². The Kier molecular flexibility index (Phi) is 6.71. The van der Waals surface area contributed by atoms with Gasteiger partial charge < -0.3 is 15.2 Å². The van der Waals surface area contributed by atoms with Gasteiger partial charge in [-0.2, -0.15) is 0 Å². The molecule has 0 saturated carbocycles. The number of hydrogen-bond acceptors (Lipinski definition) is 3. The molecule has 1 unspecified atom stereocenters. The van der Waals surface area contributed by atoms with E-state index < -0.39 is 6.10 Å². The largest absolute Gasteiger partial charge is 0.491 e. The van der Waals surface area contributed by atoms with Crippen molar-refractivity contribution < 1.29 is 9.84 Å². The Morgan fingerprint density at radius 2 is 2.33 bits per heavy atom. The van der Waals surface area contributed by atoms with Gasteiger partial charge in [-0.15, -0.1) is 0 Å². The van der Waals surface area contributed by atoms with Crippen molar-refractivity contribution >= 4 is 27.5 Å². The predicted octanol–water partition coefficient (Wildman–Crippen LogP) is 2.89. The summed E-state index contributed by atoms with van der Waals surface area (Å²) in [5.74, 6) is 0.709. The first-order valence-corrected chi connectivity index (χ1v) is 6.77. The fraction of sp³-hybridized carbons (Fsp3) is 0.385. The summed E-state index contributed by atoms with van der Waals surface area (Å²) in [6.45, 7) is 6.92. The summed E-state index contributed by atoms with van der Waals surface area (Å²) in [6, 6.07) is 5.42. The number of aliphatic hydroxyl groups is 1. The molecule has 18 heavy (non-hydrogen) atoms. The van der Waals surface area contributed by atoms with Crippen molar-refractivity contribution in [3.63, 3.8) is 0 Å². The van der Waals surface area contributed by atoms with Crippen LogP contribution >= 0.6 is 27.5 Å². The minimum atomic E-state index is -0.562. The summed E-state index contributed by atoms with van der Waals surface area (Å²) in [5, 5.41) is 13.4. The third kappa shape index (κ3) is 5.87. The van der Waals surface area contributed by atoms with Gasteiger partial charge in [0.05, 0.1) is 0 Å². The van der Waals surface area contributed by atoms with E-state index in [0.717, 1.165) is 10.0 Å². The molecule has 0 aromatic heterocycles. The van der Waals surface area contributed by atoms with Gasteiger partial charge in [0.2, 0.25) is 0 Å². The molecule has 1 aromatic carbocycles. The van der Waals surface area contributed by atoms with E-state index in [1.165, 1.54) is 0 Å². The molecule has 1 rings (SSSR count). The predicted molar refractivity (Wildman–Crippen MR) is 78.6 cm³/mol. The molecule has 1 aromatic rings. The molecule has 0 bridgehead atoms. The van der Waals surface area contributed by atoms with E-state index in [1.807, 2.05) is 13.0 Å². The zero-order valence-electron chi connectivity index (χ0n) is 10.2. The Bertz CT molecular complexity index is 412. The Balaban J connectivity index is 2.31. The molecule has 0 fully saturated rings. The first-order valence-electron chi connectivity index (χ1n) is 5.60. The van der Waals surface area contributed by atoms with Crippen molar-refractivity contribution in [2.45, 2.75) is 13.0 Å². The summed E-state index contributed by atoms with van der Waals surface area (Å²) in [6.07, 6.45) is -0.562. The summed E-state index contributed by atoms with van der Waals surface area (Å²) in [5.41, 5.74) is 0.956. The minimum absolute atomic E-state index is 0.239. The lowest BCUT2D eigenvalue weighted by Crippen LogP contribution is -2.32. The average molecular weight is 335 g/mol. The third-order valence-electron chi connectivity index (χ3n) is 2.27. The van der Waals surface area contributed by atoms with Crippen molar-refractivity contribution in [1.82, 2.24) is 5.32 Å². The second-order valence-corrected chi connectivity index (χ2v) is 5.55. The molecule has 0 aliphatic heterocycles. The van der Waals surface area contributed by atoms with Gasteiger partial charge in [0.1, 0.15) is 18.5 Å². The van der Waals surface area contributed by atoms with Gasteiger partial charge in [-0.05, 0) is 30.7 Å². The van der Waals surface area contributed by atoms with Gasteiger partial charge in [-0.25, -0.2) is 0 Å². The summed E-state index contributed by atoms with van der Waals surface area (Å²) >= 11 is 9.15. The molecule has 0 saturated heterocycles. The van der Waals surface area contributed by atoms with Crippen LogP contribution in [0, 0.1) is 6.92 Å². The number of benzene rings is 1. The zero-order chi connectivity index (χ0) is 13.5. The van der Waals surface area contributed by atoms with E-state index in [9.17, 15) is 5.11 Å². The van der Waals surface area contributed by atoms with E-state index in [4.69, 9.17) is 16.3 Å². The maximum absolute atomic E-state index is 9.69. The summed E-state index contributed by atoms with van der Waals surface area (Å²) in [7, 11) is 0. The smallest absolute Gasteiger partial charge is 0.119 e. The molecule has 0 radical (unpaired) electrons. The summed E-state index contributed by atoms with van der Waals surface area (Å²) in [4.78, 5) is 0. The minimum Gasteiger partial charge on any atom is -0.491 e. The highest BCUT2D eigenvalue weighted by Crippen LogP contribution is 2.20. The van der Waals surface area contributed by atoms with Crippen molar-refractivity contribution in [2.75, 3.05) is 19.7 Å². The fourth-order valence-electron chi connectivity index (χ4n) is 1.33. The van der Waals surface area contributed by atoms with Gasteiger partial charge in [0, 0.05) is 22.6 Å². The number of halogens is 2. The number of hydrogen-bond donors (Lipinski definition) is 2. The van der Waals surface area contributed by atoms with Crippen molar-refractivity contribution in [3.8, 4) is 5.75 Å². The van der Waals surface area contributed by atoms with Gasteiger partial charge >= 0.3 is 0 Å². The SMILES string of the molecule is C=C(Br)CNCC(O)COc1ccc(Cl)c(C)c1. The zero-order valence-corrected chi connectivity index (χ0v) is 12.6. The lowest BCUT2D eigenvalue weighted by molar-refractivity contribution is 0.107. The standard InChI is InChI=1S/C13H17BrClNO2/c1-9-5-12(3-4-13(9)15)18-8-11(17)7-16-6-10(2)14/h3-5,11,16-17H,2,6-8H2,1H3. The van der Waals surface area contributed by atoms with Crippen LogP contribution in [0.25, 0.3) is 0 Å². The molecule has 0 aliphatic carbocycles.